The fraction of sp³-hybridized carbons (Fsp3) is 0.636. The molecule has 4 amide bonds. The summed E-state index contributed by atoms with van der Waals surface area (Å²) in [5, 5.41) is 4.46. The normalized spacial score (nSPS) is 21.8. The Kier molecular flexibility index (Phi) is 8.49. The molecule has 0 aromatic carbocycles. The first kappa shape index (κ1) is 19.5. The van der Waals surface area contributed by atoms with Crippen molar-refractivity contribution in [2.24, 2.45) is 0 Å². The number of carbonyl (C=O) groups is 4. The summed E-state index contributed by atoms with van der Waals surface area (Å²) in [6, 6.07) is -0.0892. The van der Waals surface area contributed by atoms with Crippen molar-refractivity contribution >= 4 is 42.5 Å². The van der Waals surface area contributed by atoms with Crippen LogP contribution < -0.4 is 10.6 Å². The SMILES string of the molecule is CC(CN1CC(=O)NC(=O)C1)N1CC(=O)NC(=O)C1.[Cl][Pt+2][Cl]. The van der Waals surface area contributed by atoms with Crippen LogP contribution in [0.5, 0.6) is 0 Å². The second-order valence-electron chi connectivity index (χ2n) is 4.91. The maximum absolute atomic E-state index is 11.3. The fourth-order valence-corrected chi connectivity index (χ4v) is 2.29. The minimum absolute atomic E-state index is 0.0892. The van der Waals surface area contributed by atoms with Crippen LogP contribution >= 0.6 is 18.8 Å². The topological polar surface area (TPSA) is 98.8 Å². The molecule has 0 radical (unpaired) electrons. The van der Waals surface area contributed by atoms with Crippen molar-refractivity contribution in [2.75, 3.05) is 32.7 Å². The van der Waals surface area contributed by atoms with Crippen LogP contribution in [0.4, 0.5) is 0 Å². The predicted octanol–water partition coefficient (Wildman–Crippen LogP) is -1.33. The third-order valence-electron chi connectivity index (χ3n) is 3.13. The number of rotatable bonds is 3. The van der Waals surface area contributed by atoms with E-state index in [4.69, 9.17) is 18.8 Å². The molecule has 8 nitrogen and oxygen atoms in total. The Labute approximate surface area is 144 Å². The van der Waals surface area contributed by atoms with Gasteiger partial charge in [0, 0.05) is 12.6 Å². The Balaban J connectivity index is 0.000000745. The number of nitrogens with one attached hydrogen (secondary N) is 2. The molecule has 22 heavy (non-hydrogen) atoms. The van der Waals surface area contributed by atoms with Gasteiger partial charge in [0.1, 0.15) is 0 Å². The van der Waals surface area contributed by atoms with Crippen LogP contribution in [0.15, 0.2) is 0 Å². The molecule has 0 spiro atoms. The average molecular weight is 534 g/mol. The molecule has 11 heteroatoms. The third-order valence-corrected chi connectivity index (χ3v) is 3.13. The molecule has 2 saturated heterocycles. The predicted molar refractivity (Wildman–Crippen MR) is 75.5 cm³/mol. The van der Waals surface area contributed by atoms with Gasteiger partial charge in [0.15, 0.2) is 0 Å². The average Bonchev–Trinajstić information content (AvgIpc) is 2.37. The second kappa shape index (κ2) is 9.57. The minimum atomic E-state index is -0.472. The first-order valence-electron chi connectivity index (χ1n) is 6.29. The van der Waals surface area contributed by atoms with E-state index in [0.717, 1.165) is 0 Å². The van der Waals surface area contributed by atoms with E-state index in [2.05, 4.69) is 10.6 Å². The molecule has 2 aliphatic rings. The van der Waals surface area contributed by atoms with Crippen molar-refractivity contribution in [1.29, 1.82) is 0 Å². The van der Waals surface area contributed by atoms with Gasteiger partial charge in [0.2, 0.25) is 23.6 Å². The second-order valence-corrected chi connectivity index (χ2v) is 8.19. The molecule has 126 valence electrons. The van der Waals surface area contributed by atoms with Crippen molar-refractivity contribution in [2.45, 2.75) is 13.0 Å². The van der Waals surface area contributed by atoms with E-state index in [1.54, 1.807) is 9.80 Å². The van der Waals surface area contributed by atoms with Crippen molar-refractivity contribution in [1.82, 2.24) is 20.4 Å². The van der Waals surface area contributed by atoms with E-state index in [9.17, 15) is 19.2 Å². The summed E-state index contributed by atoms with van der Waals surface area (Å²) < 4.78 is 0. The van der Waals surface area contributed by atoms with Crippen LogP contribution in [0.1, 0.15) is 6.92 Å². The van der Waals surface area contributed by atoms with Crippen molar-refractivity contribution < 1.29 is 35.7 Å². The number of amides is 4. The van der Waals surface area contributed by atoms with Crippen LogP contribution in [0.2, 0.25) is 0 Å². The Morgan fingerprint density at radius 3 is 1.73 bits per heavy atom. The van der Waals surface area contributed by atoms with Crippen LogP contribution in [-0.2, 0) is 35.7 Å². The molecule has 0 saturated carbocycles. The summed E-state index contributed by atoms with van der Waals surface area (Å²) in [6.07, 6.45) is 0. The molecule has 1 atom stereocenters. The Bertz CT molecular complexity index is 433. The molecule has 2 fully saturated rings. The molecule has 0 aliphatic carbocycles. The number of hydrogen-bond acceptors (Lipinski definition) is 6. The first-order valence-corrected chi connectivity index (χ1v) is 11.9. The zero-order chi connectivity index (χ0) is 16.7. The van der Waals surface area contributed by atoms with Gasteiger partial charge in [0.25, 0.3) is 0 Å². The van der Waals surface area contributed by atoms with Gasteiger partial charge in [-0.1, -0.05) is 0 Å². The van der Waals surface area contributed by atoms with E-state index in [0.29, 0.717) is 6.54 Å². The summed E-state index contributed by atoms with van der Waals surface area (Å²) in [5.41, 5.74) is 0. The van der Waals surface area contributed by atoms with Crippen LogP contribution in [0, 0.1) is 0 Å². The molecular formula is C11H16Cl2N4O4Pt+2. The fourth-order valence-electron chi connectivity index (χ4n) is 2.29. The van der Waals surface area contributed by atoms with E-state index in [-0.39, 0.29) is 55.8 Å². The molecule has 0 aromatic rings. The Morgan fingerprint density at radius 2 is 1.32 bits per heavy atom. The number of hydrogen-bond donors (Lipinski definition) is 2. The molecule has 0 aromatic heterocycles. The molecule has 2 rings (SSSR count). The van der Waals surface area contributed by atoms with Gasteiger partial charge in [-0.2, -0.15) is 0 Å². The number of carbonyl (C=O) groups excluding carboxylic acids is 4. The first-order chi connectivity index (χ1) is 10.3. The van der Waals surface area contributed by atoms with E-state index in [1.165, 1.54) is 0 Å². The maximum atomic E-state index is 11.3. The molecular weight excluding hydrogens is 518 g/mol. The number of piperazine rings is 2. The van der Waals surface area contributed by atoms with Crippen molar-refractivity contribution in [3.63, 3.8) is 0 Å². The van der Waals surface area contributed by atoms with Crippen LogP contribution in [0.3, 0.4) is 0 Å². The van der Waals surface area contributed by atoms with Crippen molar-refractivity contribution in [3.8, 4) is 0 Å². The molecule has 2 heterocycles. The Hall–Kier alpha value is -0.532. The van der Waals surface area contributed by atoms with Crippen LogP contribution in [0.25, 0.3) is 0 Å². The van der Waals surface area contributed by atoms with Gasteiger partial charge in [-0.25, -0.2) is 0 Å². The standard InChI is InChI=1S/C11H16N4O4.2ClH.Pt/c1-7(15-5-10(18)13-11(19)6-15)2-14-3-8(16)12-9(17)4-14;;;/h7H,2-6H2,1H3,(H,12,16,17)(H,13,18,19);2*1H;/q;;;+4/p-2. The zero-order valence-corrected chi connectivity index (χ0v) is 15.5. The molecule has 2 aliphatic heterocycles. The summed E-state index contributed by atoms with van der Waals surface area (Å²) in [4.78, 5) is 48.5. The molecule has 2 N–H and O–H groups in total. The van der Waals surface area contributed by atoms with Gasteiger partial charge < -0.3 is 0 Å². The van der Waals surface area contributed by atoms with Crippen molar-refractivity contribution in [3.05, 3.63) is 0 Å². The monoisotopic (exact) mass is 533 g/mol. The molecule has 1 unspecified atom stereocenters. The van der Waals surface area contributed by atoms with Gasteiger partial charge in [-0.3, -0.25) is 39.6 Å². The summed E-state index contributed by atoms with van der Waals surface area (Å²) >= 11 is -0.472. The molecule has 0 bridgehead atoms. The van der Waals surface area contributed by atoms with Crippen LogP contribution in [-0.4, -0.2) is 72.2 Å². The quantitative estimate of drug-likeness (QED) is 0.436. The Morgan fingerprint density at radius 1 is 0.955 bits per heavy atom. The summed E-state index contributed by atoms with van der Waals surface area (Å²) in [7, 11) is 9.75. The number of halogens is 2. The third kappa shape index (κ3) is 6.71. The summed E-state index contributed by atoms with van der Waals surface area (Å²) in [5.74, 6) is -1.29. The number of nitrogens with zero attached hydrogens (tertiary/aromatic N) is 2. The van der Waals surface area contributed by atoms with Gasteiger partial charge in [-0.15, -0.1) is 0 Å². The number of imide groups is 2. The van der Waals surface area contributed by atoms with Gasteiger partial charge in [0.05, 0.1) is 26.2 Å². The zero-order valence-electron chi connectivity index (χ0n) is 11.7. The van der Waals surface area contributed by atoms with E-state index >= 15 is 0 Å². The van der Waals surface area contributed by atoms with Gasteiger partial charge in [-0.05, 0) is 6.92 Å². The summed E-state index contributed by atoms with van der Waals surface area (Å²) in [6.45, 7) is 2.94. The van der Waals surface area contributed by atoms with E-state index < -0.39 is 16.5 Å². The van der Waals surface area contributed by atoms with E-state index in [1.807, 2.05) is 6.92 Å². The van der Waals surface area contributed by atoms with Gasteiger partial charge >= 0.3 is 35.3 Å².